The fourth-order valence-electron chi connectivity index (χ4n) is 1.62. The van der Waals surface area contributed by atoms with Crippen LogP contribution in [0.2, 0.25) is 0 Å². The van der Waals surface area contributed by atoms with Crippen molar-refractivity contribution in [3.63, 3.8) is 0 Å². The van der Waals surface area contributed by atoms with E-state index in [1.165, 1.54) is 25.2 Å². The number of hydrogen-bond donors (Lipinski definition) is 3. The average Bonchev–Trinajstić information content (AvgIpc) is 2.41. The summed E-state index contributed by atoms with van der Waals surface area (Å²) in [4.78, 5) is 25.4. The lowest BCUT2D eigenvalue weighted by Crippen LogP contribution is -2.28. The molecule has 0 fully saturated rings. The minimum Gasteiger partial charge on any atom is -0.481 e. The second kappa shape index (κ2) is 8.50. The van der Waals surface area contributed by atoms with Gasteiger partial charge in [0.1, 0.15) is 0 Å². The van der Waals surface area contributed by atoms with Crippen molar-refractivity contribution in [1.82, 2.24) is 0 Å². The van der Waals surface area contributed by atoms with E-state index in [0.717, 1.165) is 12.8 Å². The van der Waals surface area contributed by atoms with E-state index in [-0.39, 0.29) is 18.1 Å². The lowest BCUT2D eigenvalue weighted by molar-refractivity contribution is -0.279. The van der Waals surface area contributed by atoms with E-state index < -0.39 is 17.4 Å². The maximum Gasteiger partial charge on any atom is 0.331 e. The summed E-state index contributed by atoms with van der Waals surface area (Å²) in [7, 11) is 0. The minimum atomic E-state index is -1.08. The van der Waals surface area contributed by atoms with Gasteiger partial charge in [0.15, 0.2) is 0 Å². The Kier molecular flexibility index (Phi) is 7.79. The molecule has 0 aromatic carbocycles. The van der Waals surface area contributed by atoms with Crippen LogP contribution in [0, 0.1) is 5.41 Å². The molecule has 0 aromatic rings. The highest BCUT2D eigenvalue weighted by atomic mass is 17.1. The van der Waals surface area contributed by atoms with E-state index in [9.17, 15) is 9.59 Å². The zero-order valence-electron chi connectivity index (χ0n) is 12.0. The van der Waals surface area contributed by atoms with E-state index >= 15 is 0 Å². The number of carboxylic acid groups (broad SMARTS) is 2. The van der Waals surface area contributed by atoms with E-state index in [0.29, 0.717) is 0 Å². The fourth-order valence-corrected chi connectivity index (χ4v) is 1.62. The third-order valence-electron chi connectivity index (χ3n) is 3.14. The first-order valence-electron chi connectivity index (χ1n) is 6.46. The van der Waals surface area contributed by atoms with Crippen molar-refractivity contribution in [1.29, 1.82) is 0 Å². The predicted octanol–water partition coefficient (Wildman–Crippen LogP) is 2.71. The minimum absolute atomic E-state index is 0.0359. The van der Waals surface area contributed by atoms with Gasteiger partial charge < -0.3 is 10.2 Å². The fraction of sp³-hybridized carbons (Fsp3) is 0.571. The molecule has 3 N–H and O–H groups in total. The largest absolute Gasteiger partial charge is 0.481 e. The van der Waals surface area contributed by atoms with Crippen LogP contribution in [0.25, 0.3) is 0 Å². The quantitative estimate of drug-likeness (QED) is 0.530. The molecule has 1 aliphatic carbocycles. The molecular weight excluding hydrogens is 264 g/mol. The molecule has 0 spiro atoms. The van der Waals surface area contributed by atoms with Gasteiger partial charge in [0.05, 0.1) is 11.5 Å². The second-order valence-electron chi connectivity index (χ2n) is 4.80. The van der Waals surface area contributed by atoms with Crippen molar-refractivity contribution in [3.8, 4) is 0 Å². The molecule has 0 aromatic heterocycles. The van der Waals surface area contributed by atoms with Crippen LogP contribution < -0.4 is 0 Å². The van der Waals surface area contributed by atoms with Gasteiger partial charge in [-0.15, -0.1) is 0 Å². The highest BCUT2D eigenvalue weighted by Crippen LogP contribution is 2.31. The van der Waals surface area contributed by atoms with Crippen LogP contribution in [0.1, 0.15) is 40.0 Å². The molecular formula is C14H22O6. The topological polar surface area (TPSA) is 104 Å². The maximum atomic E-state index is 10.8. The number of carboxylic acids is 2. The van der Waals surface area contributed by atoms with E-state index in [1.807, 2.05) is 13.8 Å². The van der Waals surface area contributed by atoms with Gasteiger partial charge in [-0.2, -0.15) is 0 Å². The molecule has 114 valence electrons. The molecule has 0 bridgehead atoms. The molecule has 0 heterocycles. The van der Waals surface area contributed by atoms with Gasteiger partial charge >= 0.3 is 11.9 Å². The normalized spacial score (nSPS) is 20.9. The summed E-state index contributed by atoms with van der Waals surface area (Å²) in [6.07, 6.45) is 6.24. The first-order valence-corrected chi connectivity index (χ1v) is 6.46. The summed E-state index contributed by atoms with van der Waals surface area (Å²) >= 11 is 0. The molecule has 1 aliphatic rings. The molecule has 0 amide bonds. The van der Waals surface area contributed by atoms with Crippen molar-refractivity contribution in [2.45, 2.75) is 46.1 Å². The van der Waals surface area contributed by atoms with Crippen molar-refractivity contribution in [2.75, 3.05) is 0 Å². The Labute approximate surface area is 118 Å². The average molecular weight is 286 g/mol. The highest BCUT2D eigenvalue weighted by Gasteiger charge is 2.34. The first-order chi connectivity index (χ1) is 9.30. The van der Waals surface area contributed by atoms with E-state index in [1.54, 1.807) is 0 Å². The Balaban J connectivity index is 0.000000441. The van der Waals surface area contributed by atoms with Gasteiger partial charge in [-0.25, -0.2) is 9.68 Å². The van der Waals surface area contributed by atoms with Crippen LogP contribution >= 0.6 is 0 Å². The predicted molar refractivity (Wildman–Crippen MR) is 73.3 cm³/mol. The molecule has 1 atom stereocenters. The van der Waals surface area contributed by atoms with Gasteiger partial charge in [-0.3, -0.25) is 10.1 Å². The van der Waals surface area contributed by atoms with Crippen LogP contribution in [0.5, 0.6) is 0 Å². The Morgan fingerprint density at radius 2 is 1.90 bits per heavy atom. The Morgan fingerprint density at radius 3 is 2.20 bits per heavy atom. The van der Waals surface area contributed by atoms with Gasteiger partial charge in [0, 0.05) is 5.57 Å². The number of aliphatic carboxylic acids is 2. The molecule has 0 saturated heterocycles. The number of rotatable bonds is 5. The Morgan fingerprint density at radius 1 is 1.35 bits per heavy atom. The monoisotopic (exact) mass is 286 g/mol. The third kappa shape index (κ3) is 5.54. The van der Waals surface area contributed by atoms with Crippen LogP contribution in [-0.2, 0) is 14.5 Å². The van der Waals surface area contributed by atoms with Crippen LogP contribution in [0.3, 0.4) is 0 Å². The zero-order valence-corrected chi connectivity index (χ0v) is 12.0. The molecule has 0 saturated carbocycles. The first kappa shape index (κ1) is 18.3. The van der Waals surface area contributed by atoms with Crippen LogP contribution in [0.15, 0.2) is 23.8 Å². The number of carbonyl (C=O) groups is 2. The van der Waals surface area contributed by atoms with Gasteiger partial charge in [-0.05, 0) is 26.2 Å². The molecule has 0 radical (unpaired) electrons. The lowest BCUT2D eigenvalue weighted by atomic mass is 9.80. The summed E-state index contributed by atoms with van der Waals surface area (Å²) in [6, 6.07) is 0. The summed E-state index contributed by atoms with van der Waals surface area (Å²) in [6.45, 7) is 5.45. The maximum absolute atomic E-state index is 10.8. The van der Waals surface area contributed by atoms with Crippen LogP contribution in [0.4, 0.5) is 0 Å². The molecule has 6 heteroatoms. The van der Waals surface area contributed by atoms with Crippen molar-refractivity contribution >= 4 is 11.9 Å². The molecule has 1 unspecified atom stereocenters. The van der Waals surface area contributed by atoms with Gasteiger partial charge in [-0.1, -0.05) is 32.1 Å². The molecule has 0 aliphatic heterocycles. The molecule has 1 rings (SSSR count). The highest BCUT2D eigenvalue weighted by molar-refractivity contribution is 5.90. The van der Waals surface area contributed by atoms with Crippen molar-refractivity contribution in [2.24, 2.45) is 5.41 Å². The Bertz CT molecular complexity index is 389. The van der Waals surface area contributed by atoms with Crippen molar-refractivity contribution < 1.29 is 29.9 Å². The number of allylic oxidation sites excluding steroid dienone is 2. The van der Waals surface area contributed by atoms with Gasteiger partial charge in [0.2, 0.25) is 0 Å². The SMILES string of the molecule is CC1(C(=O)O)C=CC=C(C(=O)O)C1.CCC(CC)OO. The second-order valence-corrected chi connectivity index (χ2v) is 4.80. The smallest absolute Gasteiger partial charge is 0.331 e. The Hall–Kier alpha value is -1.66. The van der Waals surface area contributed by atoms with E-state index in [4.69, 9.17) is 15.5 Å². The summed E-state index contributed by atoms with van der Waals surface area (Å²) in [5.74, 6) is -2.06. The molecule has 20 heavy (non-hydrogen) atoms. The summed E-state index contributed by atoms with van der Waals surface area (Å²) in [5, 5.41) is 25.5. The standard InChI is InChI=1S/C9H10O4.C5H12O2/c1-9(8(12)13)4-2-3-6(5-9)7(10)11;1-3-5(4-2)7-6/h2-4H,5H2,1H3,(H,10,11)(H,12,13);5-6H,3-4H2,1-2H3. The summed E-state index contributed by atoms with van der Waals surface area (Å²) in [5.41, 5.74) is -0.949. The van der Waals surface area contributed by atoms with Gasteiger partial charge in [0.25, 0.3) is 0 Å². The zero-order chi connectivity index (χ0) is 15.8. The van der Waals surface area contributed by atoms with Crippen LogP contribution in [-0.4, -0.2) is 33.5 Å². The third-order valence-corrected chi connectivity index (χ3v) is 3.14. The van der Waals surface area contributed by atoms with E-state index in [2.05, 4.69) is 4.89 Å². The lowest BCUT2D eigenvalue weighted by Gasteiger charge is -2.23. The van der Waals surface area contributed by atoms with Crippen molar-refractivity contribution in [3.05, 3.63) is 23.8 Å². The molecule has 6 nitrogen and oxygen atoms in total. The summed E-state index contributed by atoms with van der Waals surface area (Å²) < 4.78 is 0. The number of hydrogen-bond acceptors (Lipinski definition) is 4.